The molecule has 0 unspecified atom stereocenters. The summed E-state index contributed by atoms with van der Waals surface area (Å²) in [7, 11) is -13.4. The normalized spacial score (nSPS) is 12.5. The van der Waals surface area contributed by atoms with E-state index in [1.807, 2.05) is 50.2 Å². The number of diazo groups is 1. The third-order valence-corrected chi connectivity index (χ3v) is 7.58. The minimum absolute atomic E-state index is 0.618. The summed E-state index contributed by atoms with van der Waals surface area (Å²) >= 11 is 7.54. The number of hydrogen-bond donors (Lipinski definition) is 0. The average Bonchev–Trinajstić information content (AvgIpc) is 2.64. The molecule has 0 aliphatic rings. The van der Waals surface area contributed by atoms with Gasteiger partial charge in [0.25, 0.3) is 0 Å². The Morgan fingerprint density at radius 1 is 0.879 bits per heavy atom. The number of alkyl halides is 6. The summed E-state index contributed by atoms with van der Waals surface area (Å²) in [5.74, 6) is 0. The largest absolute Gasteiger partial charge is 0.480 e. The Hall–Kier alpha value is -2.06. The van der Waals surface area contributed by atoms with Crippen LogP contribution in [0.3, 0.4) is 0 Å². The smallest absolute Gasteiger partial charge is 0.421 e. The summed E-state index contributed by atoms with van der Waals surface area (Å²) < 4.78 is 109. The zero-order valence-electron chi connectivity index (χ0n) is 16.3. The highest BCUT2D eigenvalue weighted by atomic mass is 35.5. The van der Waals surface area contributed by atoms with E-state index in [1.54, 1.807) is 11.8 Å². The molecule has 7 nitrogen and oxygen atoms in total. The van der Waals surface area contributed by atoms with E-state index < -0.39 is 31.1 Å². The topological polar surface area (TPSA) is 111 Å². The maximum absolute atomic E-state index is 11.4. The standard InChI is InChI=1S/C14H12ClN2S.C2F6NO4S2/c1-9-8-14(10(2)7-13(9)17-16)18-12-5-3-11(15)4-6-12;3-1(4,5)14(10,11)9-15(12,13)2(6,7)8/h3-8H,1-2H3;/q+1;-1. The molecular weight excluding hydrogens is 544 g/mol. The van der Waals surface area contributed by atoms with E-state index in [4.69, 9.17) is 17.0 Å². The summed E-state index contributed by atoms with van der Waals surface area (Å²) in [6.07, 6.45) is 0. The van der Waals surface area contributed by atoms with Gasteiger partial charge in [-0.3, -0.25) is 0 Å². The van der Waals surface area contributed by atoms with E-state index in [0.717, 1.165) is 30.1 Å². The number of aryl methyl sites for hydroxylation is 2. The lowest BCUT2D eigenvalue weighted by atomic mass is 10.1. The fraction of sp³-hybridized carbons (Fsp3) is 0.250. The van der Waals surface area contributed by atoms with Crippen molar-refractivity contribution in [3.8, 4) is 0 Å². The van der Waals surface area contributed by atoms with E-state index in [2.05, 4.69) is 4.98 Å². The number of sulfonamides is 2. The van der Waals surface area contributed by atoms with Crippen LogP contribution in [0.2, 0.25) is 5.02 Å². The lowest BCUT2D eigenvalue weighted by molar-refractivity contribution is -0.0444. The zero-order chi connectivity index (χ0) is 25.8. The molecule has 0 amide bonds. The molecule has 2 rings (SSSR count). The van der Waals surface area contributed by atoms with Crippen LogP contribution < -0.4 is 0 Å². The monoisotopic (exact) mass is 555 g/mol. The van der Waals surface area contributed by atoms with Crippen LogP contribution >= 0.6 is 23.4 Å². The molecule has 0 bridgehead atoms. The van der Waals surface area contributed by atoms with Gasteiger partial charge in [0.2, 0.25) is 5.39 Å². The molecule has 182 valence electrons. The van der Waals surface area contributed by atoms with Crippen molar-refractivity contribution in [2.45, 2.75) is 34.7 Å². The Bertz CT molecular complexity index is 1210. The van der Waals surface area contributed by atoms with Crippen molar-refractivity contribution in [3.05, 3.63) is 61.7 Å². The lowest BCUT2D eigenvalue weighted by Gasteiger charge is -2.22. The Morgan fingerprint density at radius 2 is 1.33 bits per heavy atom. The molecule has 0 radical (unpaired) electrons. The zero-order valence-corrected chi connectivity index (χ0v) is 19.5. The fourth-order valence-electron chi connectivity index (χ4n) is 1.84. The van der Waals surface area contributed by atoms with E-state index in [0.29, 0.717) is 5.69 Å². The van der Waals surface area contributed by atoms with Crippen molar-refractivity contribution in [2.24, 2.45) is 0 Å². The summed E-state index contributed by atoms with van der Waals surface area (Å²) in [5, 5.41) is 9.60. The number of rotatable bonds is 4. The quantitative estimate of drug-likeness (QED) is 0.308. The van der Waals surface area contributed by atoms with Gasteiger partial charge < -0.3 is 4.13 Å². The lowest BCUT2D eigenvalue weighted by Crippen LogP contribution is -2.30. The molecule has 2 aromatic rings. The van der Waals surface area contributed by atoms with Gasteiger partial charge in [-0.1, -0.05) is 23.4 Å². The van der Waals surface area contributed by atoms with Crippen LogP contribution in [0.25, 0.3) is 9.10 Å². The Morgan fingerprint density at radius 3 is 1.73 bits per heavy atom. The number of hydrogen-bond acceptors (Lipinski definition) is 6. The average molecular weight is 556 g/mol. The molecule has 0 saturated heterocycles. The fourth-order valence-corrected chi connectivity index (χ4v) is 4.65. The first-order chi connectivity index (χ1) is 14.8. The molecule has 0 fully saturated rings. The van der Waals surface area contributed by atoms with Gasteiger partial charge in [0.1, 0.15) is 0 Å². The van der Waals surface area contributed by atoms with Crippen LogP contribution in [0.1, 0.15) is 11.1 Å². The van der Waals surface area contributed by atoms with Crippen molar-refractivity contribution in [3.63, 3.8) is 0 Å². The second-order valence-electron chi connectivity index (χ2n) is 5.98. The molecule has 0 aromatic heterocycles. The minimum atomic E-state index is -6.72. The summed E-state index contributed by atoms with van der Waals surface area (Å²) in [6.45, 7) is 3.94. The van der Waals surface area contributed by atoms with Crippen molar-refractivity contribution >= 4 is 49.1 Å². The molecule has 0 aliphatic carbocycles. The maximum atomic E-state index is 11.4. The molecule has 0 saturated carbocycles. The first-order valence-corrected chi connectivity index (χ1v) is 12.1. The second-order valence-corrected chi connectivity index (χ2v) is 11.0. The van der Waals surface area contributed by atoms with Gasteiger partial charge in [0.05, 0.1) is 0 Å². The van der Waals surface area contributed by atoms with Gasteiger partial charge in [-0.05, 0) is 49.7 Å². The number of nitrogens with zero attached hydrogens (tertiary/aromatic N) is 3. The first-order valence-electron chi connectivity index (χ1n) is 8.07. The van der Waals surface area contributed by atoms with Crippen LogP contribution in [-0.2, 0) is 20.0 Å². The highest BCUT2D eigenvalue weighted by Gasteiger charge is 2.46. The minimum Gasteiger partial charge on any atom is -0.421 e. The predicted molar refractivity (Wildman–Crippen MR) is 110 cm³/mol. The van der Waals surface area contributed by atoms with Gasteiger partial charge in [0.15, 0.2) is 25.0 Å². The molecule has 33 heavy (non-hydrogen) atoms. The van der Waals surface area contributed by atoms with E-state index >= 15 is 0 Å². The van der Waals surface area contributed by atoms with Gasteiger partial charge in [0, 0.05) is 26.4 Å². The van der Waals surface area contributed by atoms with Gasteiger partial charge in [-0.2, -0.15) is 26.3 Å². The molecule has 2 aromatic carbocycles. The van der Waals surface area contributed by atoms with Crippen LogP contribution in [0.5, 0.6) is 0 Å². The molecule has 0 N–H and O–H groups in total. The van der Waals surface area contributed by atoms with Crippen LogP contribution in [-0.4, -0.2) is 27.9 Å². The van der Waals surface area contributed by atoms with Gasteiger partial charge in [-0.25, -0.2) is 16.8 Å². The molecular formula is C16H12ClF6N3O4S3. The van der Waals surface area contributed by atoms with Crippen LogP contribution in [0, 0.1) is 19.2 Å². The summed E-state index contributed by atoms with van der Waals surface area (Å²) in [4.78, 5) is 5.55. The third-order valence-electron chi connectivity index (χ3n) is 3.42. The van der Waals surface area contributed by atoms with Crippen molar-refractivity contribution in [2.75, 3.05) is 0 Å². The van der Waals surface area contributed by atoms with Crippen molar-refractivity contribution in [1.29, 1.82) is 5.39 Å². The molecule has 0 spiro atoms. The maximum Gasteiger partial charge on any atom is 0.480 e. The highest BCUT2D eigenvalue weighted by molar-refractivity contribution is 8.13. The first kappa shape index (κ1) is 29.0. The molecule has 0 heterocycles. The van der Waals surface area contributed by atoms with Crippen LogP contribution in [0.4, 0.5) is 32.0 Å². The van der Waals surface area contributed by atoms with E-state index in [9.17, 15) is 43.2 Å². The van der Waals surface area contributed by atoms with E-state index in [-0.39, 0.29) is 0 Å². The Labute approximate surface area is 193 Å². The van der Waals surface area contributed by atoms with Crippen molar-refractivity contribution in [1.82, 2.24) is 0 Å². The number of benzene rings is 2. The summed E-state index contributed by atoms with van der Waals surface area (Å²) in [5.41, 5.74) is -9.74. The molecule has 0 aliphatic heterocycles. The van der Waals surface area contributed by atoms with Crippen molar-refractivity contribution < 1.29 is 43.2 Å². The second kappa shape index (κ2) is 10.5. The summed E-state index contributed by atoms with van der Waals surface area (Å²) in [6, 6.07) is 11.7. The molecule has 17 heteroatoms. The Kier molecular flexibility index (Phi) is 9.19. The van der Waals surface area contributed by atoms with Gasteiger partial charge >= 0.3 is 16.7 Å². The third kappa shape index (κ3) is 8.03. The van der Waals surface area contributed by atoms with Crippen LogP contribution in [0.15, 0.2) is 46.2 Å². The van der Waals surface area contributed by atoms with E-state index in [1.165, 1.54) is 0 Å². The molecule has 0 atom stereocenters. The number of halogens is 7. The SMILES string of the molecule is Cc1cc(Sc2ccc(Cl)cc2)c(C)cc1[N+]#N.O=S(=O)([N-]S(=O)(=O)C(F)(F)F)C(F)(F)F. The Balaban J connectivity index is 0.000000337. The predicted octanol–water partition coefficient (Wildman–Crippen LogP) is 6.65. The highest BCUT2D eigenvalue weighted by Crippen LogP contribution is 2.36. The van der Waals surface area contributed by atoms with Gasteiger partial charge in [-0.15, -0.1) is 0 Å².